The van der Waals surface area contributed by atoms with Crippen LogP contribution in [-0.4, -0.2) is 42.3 Å². The van der Waals surface area contributed by atoms with Gasteiger partial charge in [0, 0.05) is 25.2 Å². The van der Waals surface area contributed by atoms with E-state index in [0.29, 0.717) is 37.7 Å². The van der Waals surface area contributed by atoms with Gasteiger partial charge in [0.2, 0.25) is 10.0 Å². The molecule has 1 aromatic carbocycles. The summed E-state index contributed by atoms with van der Waals surface area (Å²) >= 11 is 0. The van der Waals surface area contributed by atoms with E-state index in [-0.39, 0.29) is 5.92 Å². The minimum absolute atomic E-state index is 0.0320. The van der Waals surface area contributed by atoms with Crippen molar-refractivity contribution in [2.75, 3.05) is 19.8 Å². The lowest BCUT2D eigenvalue weighted by Crippen LogP contribution is -2.35. The van der Waals surface area contributed by atoms with Gasteiger partial charge in [-0.1, -0.05) is 24.3 Å². The predicted octanol–water partition coefficient (Wildman–Crippen LogP) is 1.91. The third-order valence-electron chi connectivity index (χ3n) is 4.01. The number of hydrogen-bond acceptors (Lipinski definition) is 4. The fraction of sp³-hybridized carbons (Fsp3) is 0.353. The average molecular weight is 347 g/mol. The highest BCUT2D eigenvalue weighted by atomic mass is 32.2. The van der Waals surface area contributed by atoms with Gasteiger partial charge in [-0.05, 0) is 18.2 Å². The summed E-state index contributed by atoms with van der Waals surface area (Å²) in [5, 5.41) is 4.30. The standard InChI is InChI=1S/C17H21N3O3S/c1-2-10-23-14-15-11-19(13-16-8-9-18-20(16)12-15)24(21,22)17-6-4-3-5-7-17/h2-9,15H,1,10-14H2. The van der Waals surface area contributed by atoms with E-state index >= 15 is 0 Å². The van der Waals surface area contributed by atoms with Crippen LogP contribution in [0.3, 0.4) is 0 Å². The van der Waals surface area contributed by atoms with Gasteiger partial charge in [-0.2, -0.15) is 9.40 Å². The van der Waals surface area contributed by atoms with Crippen LogP contribution < -0.4 is 0 Å². The minimum Gasteiger partial charge on any atom is -0.377 e. The zero-order valence-electron chi connectivity index (χ0n) is 13.4. The molecule has 0 amide bonds. The third-order valence-corrected chi connectivity index (χ3v) is 5.83. The van der Waals surface area contributed by atoms with Gasteiger partial charge in [-0.15, -0.1) is 6.58 Å². The molecular weight excluding hydrogens is 326 g/mol. The molecule has 7 heteroatoms. The van der Waals surface area contributed by atoms with Gasteiger partial charge in [0.25, 0.3) is 0 Å². The number of hydrogen-bond donors (Lipinski definition) is 0. The lowest BCUT2D eigenvalue weighted by molar-refractivity contribution is 0.107. The zero-order chi connectivity index (χ0) is 17.0. The Balaban J connectivity index is 1.88. The van der Waals surface area contributed by atoms with Gasteiger partial charge >= 0.3 is 0 Å². The highest BCUT2D eigenvalue weighted by Crippen LogP contribution is 2.23. The van der Waals surface area contributed by atoms with Gasteiger partial charge < -0.3 is 4.74 Å². The summed E-state index contributed by atoms with van der Waals surface area (Å²) in [5.74, 6) is 0.0320. The Labute approximate surface area is 142 Å². The molecule has 0 spiro atoms. The van der Waals surface area contributed by atoms with E-state index in [9.17, 15) is 8.42 Å². The Morgan fingerprint density at radius 1 is 1.25 bits per heavy atom. The summed E-state index contributed by atoms with van der Waals surface area (Å²) in [6.07, 6.45) is 3.39. The quantitative estimate of drug-likeness (QED) is 0.591. The Bertz CT molecular complexity index is 786. The van der Waals surface area contributed by atoms with E-state index in [4.69, 9.17) is 4.74 Å². The summed E-state index contributed by atoms with van der Waals surface area (Å²) in [6.45, 7) is 5.91. The zero-order valence-corrected chi connectivity index (χ0v) is 14.2. The molecule has 3 rings (SSSR count). The Morgan fingerprint density at radius 2 is 2.04 bits per heavy atom. The molecule has 1 aromatic heterocycles. The van der Waals surface area contributed by atoms with E-state index in [2.05, 4.69) is 11.7 Å². The Hall–Kier alpha value is -1.96. The van der Waals surface area contributed by atoms with E-state index in [1.54, 1.807) is 36.5 Å². The van der Waals surface area contributed by atoms with Crippen molar-refractivity contribution in [2.24, 2.45) is 5.92 Å². The van der Waals surface area contributed by atoms with Crippen LogP contribution in [0.15, 0.2) is 60.1 Å². The topological polar surface area (TPSA) is 64.4 Å². The lowest BCUT2D eigenvalue weighted by Gasteiger charge is -2.23. The molecule has 0 bridgehead atoms. The first-order valence-corrected chi connectivity index (χ1v) is 9.30. The van der Waals surface area contributed by atoms with Crippen LogP contribution in [0.4, 0.5) is 0 Å². The molecule has 24 heavy (non-hydrogen) atoms. The average Bonchev–Trinajstić information content (AvgIpc) is 2.94. The van der Waals surface area contributed by atoms with E-state index in [1.165, 1.54) is 4.31 Å². The fourth-order valence-corrected chi connectivity index (χ4v) is 4.35. The predicted molar refractivity (Wildman–Crippen MR) is 90.8 cm³/mol. The van der Waals surface area contributed by atoms with Crippen LogP contribution >= 0.6 is 0 Å². The van der Waals surface area contributed by atoms with Crippen molar-refractivity contribution >= 4 is 10.0 Å². The molecule has 1 atom stereocenters. The summed E-state index contributed by atoms with van der Waals surface area (Å²) in [6, 6.07) is 10.4. The SMILES string of the molecule is C=CCOCC1CN(S(=O)(=O)c2ccccc2)Cc2ccnn2C1. The number of fused-ring (bicyclic) bond motifs is 1. The van der Waals surface area contributed by atoms with Crippen LogP contribution in [0.1, 0.15) is 5.69 Å². The maximum Gasteiger partial charge on any atom is 0.243 e. The fourth-order valence-electron chi connectivity index (χ4n) is 2.84. The normalized spacial score (nSPS) is 18.8. The number of ether oxygens (including phenoxy) is 1. The van der Waals surface area contributed by atoms with Gasteiger partial charge in [0.05, 0.1) is 30.3 Å². The molecule has 0 N–H and O–H groups in total. The van der Waals surface area contributed by atoms with Gasteiger partial charge in [0.15, 0.2) is 0 Å². The van der Waals surface area contributed by atoms with Crippen molar-refractivity contribution in [1.29, 1.82) is 0 Å². The molecule has 2 aromatic rings. The largest absolute Gasteiger partial charge is 0.377 e. The van der Waals surface area contributed by atoms with Crippen LogP contribution in [0.25, 0.3) is 0 Å². The second-order valence-electron chi connectivity index (χ2n) is 5.81. The summed E-state index contributed by atoms with van der Waals surface area (Å²) in [5.41, 5.74) is 0.890. The molecular formula is C17H21N3O3S. The van der Waals surface area contributed by atoms with Crippen molar-refractivity contribution in [3.8, 4) is 0 Å². The van der Waals surface area contributed by atoms with Gasteiger partial charge in [0.1, 0.15) is 0 Å². The van der Waals surface area contributed by atoms with Crippen molar-refractivity contribution < 1.29 is 13.2 Å². The number of aromatic nitrogens is 2. The van der Waals surface area contributed by atoms with Gasteiger partial charge in [-0.25, -0.2) is 8.42 Å². The molecule has 0 saturated heterocycles. The summed E-state index contributed by atoms with van der Waals surface area (Å²) in [4.78, 5) is 0.309. The number of benzene rings is 1. The highest BCUT2D eigenvalue weighted by molar-refractivity contribution is 7.89. The van der Waals surface area contributed by atoms with Crippen LogP contribution in [-0.2, 0) is 27.8 Å². The molecule has 0 radical (unpaired) electrons. The first-order chi connectivity index (χ1) is 11.6. The lowest BCUT2D eigenvalue weighted by atomic mass is 10.1. The molecule has 6 nitrogen and oxygen atoms in total. The highest BCUT2D eigenvalue weighted by Gasteiger charge is 2.31. The number of sulfonamides is 1. The minimum atomic E-state index is -3.55. The molecule has 0 fully saturated rings. The van der Waals surface area contributed by atoms with Crippen molar-refractivity contribution in [1.82, 2.24) is 14.1 Å². The molecule has 128 valence electrons. The van der Waals surface area contributed by atoms with Crippen LogP contribution in [0.2, 0.25) is 0 Å². The second-order valence-corrected chi connectivity index (χ2v) is 7.75. The first-order valence-electron chi connectivity index (χ1n) is 7.86. The second kappa shape index (κ2) is 7.29. The summed E-state index contributed by atoms with van der Waals surface area (Å²) in [7, 11) is -3.55. The maximum absolute atomic E-state index is 13.0. The number of nitrogens with zero attached hydrogens (tertiary/aromatic N) is 3. The molecule has 0 aliphatic carbocycles. The summed E-state index contributed by atoms with van der Waals surface area (Å²) < 4.78 is 34.9. The number of rotatable bonds is 6. The monoisotopic (exact) mass is 347 g/mol. The Morgan fingerprint density at radius 3 is 2.79 bits per heavy atom. The Kier molecular flexibility index (Phi) is 5.13. The maximum atomic E-state index is 13.0. The van der Waals surface area contributed by atoms with E-state index < -0.39 is 10.0 Å². The van der Waals surface area contributed by atoms with Crippen molar-refractivity contribution in [2.45, 2.75) is 18.0 Å². The van der Waals surface area contributed by atoms with Crippen molar-refractivity contribution in [3.05, 3.63) is 60.9 Å². The van der Waals surface area contributed by atoms with Gasteiger partial charge in [-0.3, -0.25) is 4.68 Å². The molecule has 1 aliphatic heterocycles. The van der Waals surface area contributed by atoms with Crippen LogP contribution in [0.5, 0.6) is 0 Å². The first kappa shape index (κ1) is 16.9. The van der Waals surface area contributed by atoms with Crippen LogP contribution in [0, 0.1) is 5.92 Å². The molecule has 0 saturated carbocycles. The molecule has 2 heterocycles. The third kappa shape index (κ3) is 3.58. The van der Waals surface area contributed by atoms with Crippen molar-refractivity contribution in [3.63, 3.8) is 0 Å². The van der Waals surface area contributed by atoms with E-state index in [0.717, 1.165) is 5.69 Å². The smallest absolute Gasteiger partial charge is 0.243 e. The molecule has 1 unspecified atom stereocenters. The molecule has 1 aliphatic rings. The van der Waals surface area contributed by atoms with E-state index in [1.807, 2.05) is 16.8 Å².